The van der Waals surface area contributed by atoms with Crippen molar-refractivity contribution in [2.45, 2.75) is 26.3 Å². The number of carbonyl (C=O) groups is 1. The molecule has 20 heavy (non-hydrogen) atoms. The lowest BCUT2D eigenvalue weighted by Crippen LogP contribution is -2.34. The van der Waals surface area contributed by atoms with E-state index in [0.717, 1.165) is 17.8 Å². The number of likely N-dealkylation sites (N-methyl/N-ethyl adjacent to an activating group) is 1. The molecule has 0 aliphatic rings. The van der Waals surface area contributed by atoms with Gasteiger partial charge in [0.25, 0.3) is 0 Å². The largest absolute Gasteiger partial charge is 0.344 e. The lowest BCUT2D eigenvalue weighted by Gasteiger charge is -2.22. The number of amides is 1. The van der Waals surface area contributed by atoms with Crippen molar-refractivity contribution in [3.05, 3.63) is 36.2 Å². The quantitative estimate of drug-likeness (QED) is 0.823. The summed E-state index contributed by atoms with van der Waals surface area (Å²) in [6, 6.07) is -0.226. The van der Waals surface area contributed by atoms with Gasteiger partial charge in [-0.15, -0.1) is 0 Å². The fraction of sp³-hybridized carbons (Fsp3) is 0.500. The normalized spacial score (nSPS) is 12.4. The third-order valence-electron chi connectivity index (χ3n) is 3.51. The number of aryl methyl sites for hydroxylation is 2. The molecule has 0 aromatic carbocycles. The Morgan fingerprint density at radius 3 is 2.80 bits per heavy atom. The molecule has 2 heterocycles. The monoisotopic (exact) mass is 275 g/mol. The Labute approximate surface area is 119 Å². The lowest BCUT2D eigenvalue weighted by atomic mass is 10.2. The zero-order chi connectivity index (χ0) is 14.7. The maximum Gasteiger partial charge on any atom is 0.245 e. The van der Waals surface area contributed by atoms with Crippen molar-refractivity contribution in [2.75, 3.05) is 13.6 Å². The minimum Gasteiger partial charge on any atom is -0.344 e. The summed E-state index contributed by atoms with van der Waals surface area (Å²) < 4.78 is 3.66. The van der Waals surface area contributed by atoms with E-state index in [-0.39, 0.29) is 11.9 Å². The summed E-state index contributed by atoms with van der Waals surface area (Å²) in [6.07, 6.45) is 8.18. The van der Waals surface area contributed by atoms with Crippen LogP contribution in [0.25, 0.3) is 0 Å². The second-order valence-corrected chi connectivity index (χ2v) is 5.09. The highest BCUT2D eigenvalue weighted by atomic mass is 16.2. The Balaban J connectivity index is 1.93. The van der Waals surface area contributed by atoms with Crippen LogP contribution in [0.5, 0.6) is 0 Å². The number of rotatable bonds is 5. The number of nitrogens with zero attached hydrogens (tertiary/aromatic N) is 5. The van der Waals surface area contributed by atoms with Crippen LogP contribution in [0.4, 0.5) is 0 Å². The van der Waals surface area contributed by atoms with Gasteiger partial charge in [-0.05, 0) is 25.8 Å². The fourth-order valence-electron chi connectivity index (χ4n) is 2.24. The Bertz CT molecular complexity index is 586. The van der Waals surface area contributed by atoms with Gasteiger partial charge in [0.1, 0.15) is 11.9 Å². The summed E-state index contributed by atoms with van der Waals surface area (Å²) in [5.74, 6) is 0.946. The van der Waals surface area contributed by atoms with Crippen LogP contribution < -0.4 is 0 Å². The van der Waals surface area contributed by atoms with Gasteiger partial charge in [-0.2, -0.15) is 5.10 Å². The van der Waals surface area contributed by atoms with Gasteiger partial charge < -0.3 is 9.47 Å². The molecule has 6 heteroatoms. The van der Waals surface area contributed by atoms with Crippen LogP contribution in [-0.4, -0.2) is 43.7 Å². The molecule has 0 aliphatic carbocycles. The van der Waals surface area contributed by atoms with E-state index in [1.165, 1.54) is 0 Å². The van der Waals surface area contributed by atoms with Gasteiger partial charge in [-0.25, -0.2) is 4.98 Å². The van der Waals surface area contributed by atoms with Crippen LogP contribution in [0.3, 0.4) is 0 Å². The lowest BCUT2D eigenvalue weighted by molar-refractivity contribution is -0.133. The highest BCUT2D eigenvalue weighted by Gasteiger charge is 2.19. The van der Waals surface area contributed by atoms with E-state index < -0.39 is 0 Å². The minimum absolute atomic E-state index is 0.0926. The summed E-state index contributed by atoms with van der Waals surface area (Å²) >= 11 is 0. The predicted octanol–water partition coefficient (Wildman–Crippen LogP) is 1.19. The average molecular weight is 275 g/mol. The molecular formula is C14H21N5O. The van der Waals surface area contributed by atoms with Crippen molar-refractivity contribution in [2.24, 2.45) is 7.05 Å². The molecular weight excluding hydrogens is 254 g/mol. The van der Waals surface area contributed by atoms with Gasteiger partial charge in [0, 0.05) is 39.2 Å². The summed E-state index contributed by atoms with van der Waals surface area (Å²) in [4.78, 5) is 18.3. The molecule has 1 atom stereocenters. The Morgan fingerprint density at radius 2 is 2.25 bits per heavy atom. The van der Waals surface area contributed by atoms with E-state index in [9.17, 15) is 4.79 Å². The molecule has 108 valence electrons. The van der Waals surface area contributed by atoms with Crippen LogP contribution >= 0.6 is 0 Å². The Morgan fingerprint density at radius 1 is 1.50 bits per heavy atom. The van der Waals surface area contributed by atoms with Gasteiger partial charge in [0.05, 0.1) is 6.20 Å². The molecule has 1 unspecified atom stereocenters. The highest BCUT2D eigenvalue weighted by Crippen LogP contribution is 2.12. The Hall–Kier alpha value is -2.11. The standard InChI is InChI=1S/C14H21N5O/c1-11(19-8-6-15-12(19)2)14(20)17(3)7-5-13-9-16-18(4)10-13/h6,8-11H,5,7H2,1-4H3. The third-order valence-corrected chi connectivity index (χ3v) is 3.51. The highest BCUT2D eigenvalue weighted by molar-refractivity contribution is 5.79. The van der Waals surface area contributed by atoms with Crippen molar-refractivity contribution in [3.63, 3.8) is 0 Å². The first kappa shape index (κ1) is 14.3. The molecule has 0 N–H and O–H groups in total. The maximum absolute atomic E-state index is 12.4. The first-order valence-corrected chi connectivity index (χ1v) is 6.71. The maximum atomic E-state index is 12.4. The molecule has 0 spiro atoms. The molecule has 2 aromatic rings. The van der Waals surface area contributed by atoms with Crippen molar-refractivity contribution in [1.82, 2.24) is 24.2 Å². The van der Waals surface area contributed by atoms with Gasteiger partial charge in [-0.1, -0.05) is 0 Å². The van der Waals surface area contributed by atoms with Crippen LogP contribution in [0, 0.1) is 6.92 Å². The SMILES string of the molecule is Cc1nccn1C(C)C(=O)N(C)CCc1cnn(C)c1. The van der Waals surface area contributed by atoms with E-state index in [1.807, 2.05) is 51.1 Å². The predicted molar refractivity (Wildman–Crippen MR) is 76.2 cm³/mol. The molecule has 0 aliphatic heterocycles. The number of aromatic nitrogens is 4. The molecule has 1 amide bonds. The molecule has 0 bridgehead atoms. The molecule has 0 radical (unpaired) electrons. The molecule has 0 saturated carbocycles. The van der Waals surface area contributed by atoms with Gasteiger partial charge in [-0.3, -0.25) is 9.48 Å². The molecule has 6 nitrogen and oxygen atoms in total. The van der Waals surface area contributed by atoms with Crippen molar-refractivity contribution >= 4 is 5.91 Å². The van der Waals surface area contributed by atoms with E-state index in [4.69, 9.17) is 0 Å². The number of imidazole rings is 1. The van der Waals surface area contributed by atoms with Gasteiger partial charge in [0.2, 0.25) is 5.91 Å². The molecule has 2 rings (SSSR count). The summed E-state index contributed by atoms with van der Waals surface area (Å²) in [7, 11) is 3.73. The molecule has 0 saturated heterocycles. The summed E-state index contributed by atoms with van der Waals surface area (Å²) in [5, 5.41) is 4.13. The van der Waals surface area contributed by atoms with Gasteiger partial charge in [0.15, 0.2) is 0 Å². The minimum atomic E-state index is -0.226. The zero-order valence-electron chi connectivity index (χ0n) is 12.4. The number of hydrogen-bond acceptors (Lipinski definition) is 3. The fourth-order valence-corrected chi connectivity index (χ4v) is 2.24. The van der Waals surface area contributed by atoms with Crippen LogP contribution in [0.15, 0.2) is 24.8 Å². The van der Waals surface area contributed by atoms with Crippen LogP contribution in [0.2, 0.25) is 0 Å². The van der Waals surface area contributed by atoms with E-state index >= 15 is 0 Å². The smallest absolute Gasteiger partial charge is 0.245 e. The first-order chi connectivity index (χ1) is 9.49. The van der Waals surface area contributed by atoms with E-state index in [2.05, 4.69) is 10.1 Å². The zero-order valence-corrected chi connectivity index (χ0v) is 12.4. The molecule has 0 fully saturated rings. The third kappa shape index (κ3) is 3.07. The van der Waals surface area contributed by atoms with E-state index in [1.54, 1.807) is 15.8 Å². The van der Waals surface area contributed by atoms with Crippen molar-refractivity contribution in [1.29, 1.82) is 0 Å². The van der Waals surface area contributed by atoms with E-state index in [0.29, 0.717) is 6.54 Å². The average Bonchev–Trinajstić information content (AvgIpc) is 3.03. The van der Waals surface area contributed by atoms with Crippen LogP contribution in [0.1, 0.15) is 24.4 Å². The molecule has 2 aromatic heterocycles. The summed E-state index contributed by atoms with van der Waals surface area (Å²) in [5.41, 5.74) is 1.14. The first-order valence-electron chi connectivity index (χ1n) is 6.71. The number of hydrogen-bond donors (Lipinski definition) is 0. The second-order valence-electron chi connectivity index (χ2n) is 5.09. The topological polar surface area (TPSA) is 56.0 Å². The second kappa shape index (κ2) is 5.90. The van der Waals surface area contributed by atoms with Crippen molar-refractivity contribution in [3.8, 4) is 0 Å². The Kier molecular flexibility index (Phi) is 4.22. The van der Waals surface area contributed by atoms with Gasteiger partial charge >= 0.3 is 0 Å². The summed E-state index contributed by atoms with van der Waals surface area (Å²) in [6.45, 7) is 4.49. The van der Waals surface area contributed by atoms with Crippen LogP contribution in [-0.2, 0) is 18.3 Å². The number of carbonyl (C=O) groups excluding carboxylic acids is 1. The van der Waals surface area contributed by atoms with Crippen molar-refractivity contribution < 1.29 is 4.79 Å².